The van der Waals surface area contributed by atoms with Crippen LogP contribution in [0.4, 0.5) is 0 Å². The van der Waals surface area contributed by atoms with Crippen LogP contribution in [0, 0.1) is 5.53 Å². The Balaban J connectivity index is 2.38. The summed E-state index contributed by atoms with van der Waals surface area (Å²) in [4.78, 5) is 0. The van der Waals surface area contributed by atoms with Gasteiger partial charge in [0.1, 0.15) is 0 Å². The Labute approximate surface area is 54.3 Å². The van der Waals surface area contributed by atoms with Gasteiger partial charge in [0.05, 0.1) is 6.04 Å². The second kappa shape index (κ2) is 2.89. The van der Waals surface area contributed by atoms with Crippen LogP contribution in [0.25, 0.3) is 0 Å². The summed E-state index contributed by atoms with van der Waals surface area (Å²) in [5.41, 5.74) is 12.4. The molecule has 2 atom stereocenters. The van der Waals surface area contributed by atoms with Crippen molar-refractivity contribution >= 4 is 0 Å². The summed E-state index contributed by atoms with van der Waals surface area (Å²) in [6.07, 6.45) is 0.938. The van der Waals surface area contributed by atoms with E-state index in [9.17, 15) is 0 Å². The van der Waals surface area contributed by atoms with Gasteiger partial charge in [-0.05, 0) is 13.0 Å². The summed E-state index contributed by atoms with van der Waals surface area (Å²) >= 11 is 0. The molecule has 0 aromatic heterocycles. The second-order valence-electron chi connectivity index (χ2n) is 2.35. The molecule has 0 bridgehead atoms. The number of nitrogens with two attached hydrogens (primary N) is 1. The summed E-state index contributed by atoms with van der Waals surface area (Å²) < 4.78 is 0. The molecular weight excluding hydrogens is 116 g/mol. The lowest BCUT2D eigenvalue weighted by Crippen LogP contribution is -2.47. The Hall–Kier alpha value is -0.480. The van der Waals surface area contributed by atoms with Crippen LogP contribution in [0.2, 0.25) is 0 Å². The molecule has 4 heteroatoms. The number of rotatable bonds is 1. The highest BCUT2D eigenvalue weighted by Gasteiger charge is 2.19. The minimum absolute atomic E-state index is 0.0127. The molecule has 4 N–H and O–H groups in total. The highest BCUT2D eigenvalue weighted by Crippen LogP contribution is 2.03. The number of nitrogens with one attached hydrogen (secondary N) is 2. The molecule has 1 rings (SSSR count). The van der Waals surface area contributed by atoms with Crippen LogP contribution in [-0.4, -0.2) is 25.2 Å². The zero-order chi connectivity index (χ0) is 6.69. The van der Waals surface area contributed by atoms with E-state index in [2.05, 4.69) is 10.4 Å². The van der Waals surface area contributed by atoms with Gasteiger partial charge in [-0.3, -0.25) is 0 Å². The number of hydrogen-bond acceptors (Lipinski definition) is 4. The topological polar surface area (TPSA) is 74.3 Å². The minimum atomic E-state index is 0.0127. The van der Waals surface area contributed by atoms with Gasteiger partial charge in [-0.1, -0.05) is 0 Å². The molecule has 52 valence electrons. The smallest absolute Gasteiger partial charge is 0.0980 e. The molecule has 9 heavy (non-hydrogen) atoms. The van der Waals surface area contributed by atoms with Crippen molar-refractivity contribution in [1.29, 1.82) is 5.53 Å². The van der Waals surface area contributed by atoms with Gasteiger partial charge in [0.15, 0.2) is 0 Å². The van der Waals surface area contributed by atoms with Crippen LogP contribution in [0.3, 0.4) is 0 Å². The first-order chi connectivity index (χ1) is 4.34. The van der Waals surface area contributed by atoms with Gasteiger partial charge in [0.25, 0.3) is 0 Å². The van der Waals surface area contributed by atoms with E-state index in [0.29, 0.717) is 0 Å². The van der Waals surface area contributed by atoms with Gasteiger partial charge in [-0.15, -0.1) is 0 Å². The van der Waals surface area contributed by atoms with Crippen molar-refractivity contribution in [2.24, 2.45) is 10.8 Å². The van der Waals surface area contributed by atoms with Gasteiger partial charge in [0, 0.05) is 12.6 Å². The average molecular weight is 128 g/mol. The first-order valence-electron chi connectivity index (χ1n) is 3.17. The number of piperidine rings is 1. The molecule has 1 heterocycles. The fourth-order valence-electron chi connectivity index (χ4n) is 1.00. The highest BCUT2D eigenvalue weighted by atomic mass is 15.1. The van der Waals surface area contributed by atoms with E-state index in [1.165, 1.54) is 0 Å². The Morgan fingerprint density at radius 3 is 2.89 bits per heavy atom. The molecule has 0 radical (unpaired) electrons. The lowest BCUT2D eigenvalue weighted by atomic mass is 10.0. The SMILES string of the molecule is N=NC1CNCCC1N. The molecule has 0 aliphatic carbocycles. The monoisotopic (exact) mass is 128 g/mol. The van der Waals surface area contributed by atoms with E-state index in [4.69, 9.17) is 11.3 Å². The van der Waals surface area contributed by atoms with Crippen molar-refractivity contribution in [3.05, 3.63) is 0 Å². The molecule has 4 nitrogen and oxygen atoms in total. The Morgan fingerprint density at radius 1 is 1.67 bits per heavy atom. The van der Waals surface area contributed by atoms with Gasteiger partial charge >= 0.3 is 0 Å². The summed E-state index contributed by atoms with van der Waals surface area (Å²) in [5.74, 6) is 0. The molecule has 1 aliphatic rings. The number of hydrogen-bond donors (Lipinski definition) is 3. The highest BCUT2D eigenvalue weighted by molar-refractivity contribution is 4.84. The third-order valence-corrected chi connectivity index (χ3v) is 1.67. The summed E-state index contributed by atoms with van der Waals surface area (Å²) in [6.45, 7) is 1.73. The number of nitrogens with zero attached hydrogens (tertiary/aromatic N) is 1. The lowest BCUT2D eigenvalue weighted by Gasteiger charge is -2.24. The van der Waals surface area contributed by atoms with E-state index in [0.717, 1.165) is 19.5 Å². The Kier molecular flexibility index (Phi) is 2.13. The molecule has 1 fully saturated rings. The van der Waals surface area contributed by atoms with E-state index in [-0.39, 0.29) is 12.1 Å². The zero-order valence-corrected chi connectivity index (χ0v) is 5.30. The van der Waals surface area contributed by atoms with Gasteiger partial charge in [0.2, 0.25) is 0 Å². The van der Waals surface area contributed by atoms with Crippen molar-refractivity contribution in [2.45, 2.75) is 18.5 Å². The van der Waals surface area contributed by atoms with E-state index in [1.54, 1.807) is 0 Å². The molecule has 0 spiro atoms. The average Bonchev–Trinajstić information content (AvgIpc) is 1.89. The van der Waals surface area contributed by atoms with Gasteiger partial charge in [-0.2, -0.15) is 5.11 Å². The summed E-state index contributed by atoms with van der Waals surface area (Å²) in [5, 5.41) is 6.51. The predicted molar refractivity (Wildman–Crippen MR) is 34.4 cm³/mol. The molecule has 1 aliphatic heterocycles. The van der Waals surface area contributed by atoms with E-state index >= 15 is 0 Å². The van der Waals surface area contributed by atoms with Gasteiger partial charge in [-0.25, -0.2) is 5.53 Å². The van der Waals surface area contributed by atoms with Crippen molar-refractivity contribution in [3.8, 4) is 0 Å². The molecule has 1 saturated heterocycles. The summed E-state index contributed by atoms with van der Waals surface area (Å²) in [7, 11) is 0. The normalized spacial score (nSPS) is 36.1. The second-order valence-corrected chi connectivity index (χ2v) is 2.35. The fourth-order valence-corrected chi connectivity index (χ4v) is 1.00. The van der Waals surface area contributed by atoms with Gasteiger partial charge < -0.3 is 11.1 Å². The third kappa shape index (κ3) is 1.46. The lowest BCUT2D eigenvalue weighted by molar-refractivity contribution is 0.389. The summed E-state index contributed by atoms with van der Waals surface area (Å²) in [6, 6.07) is 0.113. The zero-order valence-electron chi connectivity index (χ0n) is 5.30. The first-order valence-corrected chi connectivity index (χ1v) is 3.17. The van der Waals surface area contributed by atoms with Crippen molar-refractivity contribution in [2.75, 3.05) is 13.1 Å². The van der Waals surface area contributed by atoms with E-state index < -0.39 is 0 Å². The molecule has 2 unspecified atom stereocenters. The van der Waals surface area contributed by atoms with Crippen molar-refractivity contribution < 1.29 is 0 Å². The maximum Gasteiger partial charge on any atom is 0.0980 e. The Morgan fingerprint density at radius 2 is 2.44 bits per heavy atom. The maximum absolute atomic E-state index is 6.73. The quantitative estimate of drug-likeness (QED) is 0.424. The standard InChI is InChI=1S/C5H12N4/c6-4-1-2-8-3-5(4)9-7/h4-5,7-8H,1-3,6H2. The fraction of sp³-hybridized carbons (Fsp3) is 1.00. The van der Waals surface area contributed by atoms with Crippen LogP contribution in [-0.2, 0) is 0 Å². The van der Waals surface area contributed by atoms with Crippen LogP contribution >= 0.6 is 0 Å². The first kappa shape index (κ1) is 6.64. The molecule has 0 amide bonds. The van der Waals surface area contributed by atoms with Crippen molar-refractivity contribution in [1.82, 2.24) is 5.32 Å². The predicted octanol–water partition coefficient (Wildman–Crippen LogP) is -0.293. The largest absolute Gasteiger partial charge is 0.326 e. The minimum Gasteiger partial charge on any atom is -0.326 e. The van der Waals surface area contributed by atoms with Crippen LogP contribution in [0.5, 0.6) is 0 Å². The Bertz CT molecular complexity index is 103. The molecule has 0 saturated carbocycles. The van der Waals surface area contributed by atoms with Crippen LogP contribution in [0.1, 0.15) is 6.42 Å². The maximum atomic E-state index is 6.73. The van der Waals surface area contributed by atoms with E-state index in [1.807, 2.05) is 0 Å². The van der Waals surface area contributed by atoms with Crippen LogP contribution in [0.15, 0.2) is 5.11 Å². The molecule has 0 aromatic rings. The molecule has 0 aromatic carbocycles. The molecular formula is C5H12N4. The van der Waals surface area contributed by atoms with Crippen molar-refractivity contribution in [3.63, 3.8) is 0 Å². The third-order valence-electron chi connectivity index (χ3n) is 1.67. The van der Waals surface area contributed by atoms with Crippen LogP contribution < -0.4 is 11.1 Å².